The quantitative estimate of drug-likeness (QED) is 0.499. The van der Waals surface area contributed by atoms with Gasteiger partial charge in [0.15, 0.2) is 11.5 Å². The van der Waals surface area contributed by atoms with E-state index in [0.717, 1.165) is 48.5 Å². The molecule has 30 heavy (non-hydrogen) atoms. The summed E-state index contributed by atoms with van der Waals surface area (Å²) in [4.78, 5) is 25.4. The molecule has 1 aliphatic carbocycles. The fourth-order valence-electron chi connectivity index (χ4n) is 3.42. The number of nitrogens with one attached hydrogen (secondary N) is 2. The van der Waals surface area contributed by atoms with Crippen molar-refractivity contribution in [2.75, 3.05) is 11.9 Å². The van der Waals surface area contributed by atoms with E-state index in [-0.39, 0.29) is 5.91 Å². The van der Waals surface area contributed by atoms with E-state index in [4.69, 9.17) is 0 Å². The number of nitrogens with zero attached hydrogens (tertiary/aromatic N) is 4. The van der Waals surface area contributed by atoms with Crippen LogP contribution in [-0.4, -0.2) is 37.8 Å². The summed E-state index contributed by atoms with van der Waals surface area (Å²) in [6.07, 6.45) is 12.2. The maximum absolute atomic E-state index is 12.2. The van der Waals surface area contributed by atoms with E-state index in [9.17, 15) is 4.79 Å². The third kappa shape index (κ3) is 3.87. The number of fused-ring (bicyclic) bond motifs is 1. The van der Waals surface area contributed by atoms with Gasteiger partial charge in [0.05, 0.1) is 11.9 Å². The molecule has 1 amide bonds. The normalized spacial score (nSPS) is 13.3. The van der Waals surface area contributed by atoms with Gasteiger partial charge in [0.1, 0.15) is 0 Å². The summed E-state index contributed by atoms with van der Waals surface area (Å²) in [6, 6.07) is 12.0. The molecule has 0 unspecified atom stereocenters. The molecule has 7 heteroatoms. The molecule has 2 N–H and O–H groups in total. The Hall–Kier alpha value is -3.74. The van der Waals surface area contributed by atoms with Crippen LogP contribution in [-0.2, 0) is 6.42 Å². The summed E-state index contributed by atoms with van der Waals surface area (Å²) in [5, 5.41) is 6.39. The molecule has 0 radical (unpaired) electrons. The van der Waals surface area contributed by atoms with Crippen LogP contribution in [0.15, 0.2) is 67.4 Å². The molecule has 0 saturated heterocycles. The summed E-state index contributed by atoms with van der Waals surface area (Å²) in [5.74, 6) is 0.736. The Morgan fingerprint density at radius 1 is 1.07 bits per heavy atom. The number of amides is 1. The fraction of sp³-hybridized carbons (Fsp3) is 0.217. The van der Waals surface area contributed by atoms with Crippen molar-refractivity contribution in [3.05, 3.63) is 78.5 Å². The van der Waals surface area contributed by atoms with E-state index in [2.05, 4.69) is 31.7 Å². The highest BCUT2D eigenvalue weighted by Crippen LogP contribution is 2.24. The van der Waals surface area contributed by atoms with Gasteiger partial charge in [0.2, 0.25) is 0 Å². The minimum absolute atomic E-state index is 0.00788. The van der Waals surface area contributed by atoms with Crippen molar-refractivity contribution in [2.24, 2.45) is 0 Å². The van der Waals surface area contributed by atoms with Crippen LogP contribution in [0.5, 0.6) is 0 Å². The highest BCUT2D eigenvalue weighted by Gasteiger charge is 2.23. The zero-order valence-electron chi connectivity index (χ0n) is 16.5. The lowest BCUT2D eigenvalue weighted by Gasteiger charge is -2.08. The number of benzene rings is 1. The molecule has 0 spiro atoms. The molecule has 150 valence electrons. The van der Waals surface area contributed by atoms with Gasteiger partial charge in [0.25, 0.3) is 5.91 Å². The molecule has 5 rings (SSSR count). The topological polar surface area (TPSA) is 84.2 Å². The van der Waals surface area contributed by atoms with E-state index < -0.39 is 0 Å². The average molecular weight is 398 g/mol. The summed E-state index contributed by atoms with van der Waals surface area (Å²) in [7, 11) is 0. The van der Waals surface area contributed by atoms with Gasteiger partial charge in [-0.25, -0.2) is 9.97 Å². The number of carbonyl (C=O) groups excluding carboxylic acids is 1. The Balaban J connectivity index is 1.33. The van der Waals surface area contributed by atoms with E-state index in [1.807, 2.05) is 53.3 Å². The Morgan fingerprint density at radius 3 is 2.70 bits per heavy atom. The lowest BCUT2D eigenvalue weighted by Crippen LogP contribution is -2.25. The molecule has 4 aromatic rings. The lowest BCUT2D eigenvalue weighted by atomic mass is 10.1. The van der Waals surface area contributed by atoms with Gasteiger partial charge in [-0.1, -0.05) is 18.2 Å². The molecular weight excluding hydrogens is 376 g/mol. The van der Waals surface area contributed by atoms with Crippen LogP contribution in [0.4, 0.5) is 5.82 Å². The summed E-state index contributed by atoms with van der Waals surface area (Å²) >= 11 is 0. The van der Waals surface area contributed by atoms with Crippen LogP contribution in [0.1, 0.15) is 28.8 Å². The van der Waals surface area contributed by atoms with E-state index in [0.29, 0.717) is 11.6 Å². The van der Waals surface area contributed by atoms with Crippen LogP contribution >= 0.6 is 0 Å². The maximum Gasteiger partial charge on any atom is 0.251 e. The van der Waals surface area contributed by atoms with Gasteiger partial charge in [-0.05, 0) is 43.0 Å². The zero-order chi connectivity index (χ0) is 20.3. The van der Waals surface area contributed by atoms with Crippen molar-refractivity contribution in [1.29, 1.82) is 0 Å². The summed E-state index contributed by atoms with van der Waals surface area (Å²) in [6.45, 7) is 0.741. The first-order valence-electron chi connectivity index (χ1n) is 10.1. The number of pyridine rings is 1. The highest BCUT2D eigenvalue weighted by molar-refractivity contribution is 5.95. The third-order valence-corrected chi connectivity index (χ3v) is 5.21. The van der Waals surface area contributed by atoms with Crippen LogP contribution in [0.3, 0.4) is 0 Å². The zero-order valence-corrected chi connectivity index (χ0v) is 16.5. The van der Waals surface area contributed by atoms with E-state index in [1.165, 1.54) is 5.56 Å². The highest BCUT2D eigenvalue weighted by atomic mass is 16.1. The third-order valence-electron chi connectivity index (χ3n) is 5.21. The van der Waals surface area contributed by atoms with Gasteiger partial charge in [-0.15, -0.1) is 0 Å². The Morgan fingerprint density at radius 2 is 1.93 bits per heavy atom. The van der Waals surface area contributed by atoms with Crippen molar-refractivity contribution in [2.45, 2.75) is 25.3 Å². The fourth-order valence-corrected chi connectivity index (χ4v) is 3.42. The molecule has 1 saturated carbocycles. The van der Waals surface area contributed by atoms with Gasteiger partial charge in [0, 0.05) is 48.5 Å². The van der Waals surface area contributed by atoms with E-state index in [1.54, 1.807) is 12.4 Å². The maximum atomic E-state index is 12.2. The largest absolute Gasteiger partial charge is 0.367 e. The molecule has 1 aromatic carbocycles. The number of anilines is 1. The number of rotatable bonds is 7. The van der Waals surface area contributed by atoms with Gasteiger partial charge >= 0.3 is 0 Å². The first-order valence-corrected chi connectivity index (χ1v) is 10.1. The monoisotopic (exact) mass is 398 g/mol. The average Bonchev–Trinajstić information content (AvgIpc) is 3.49. The molecule has 1 aliphatic rings. The molecule has 0 atom stereocenters. The molecule has 7 nitrogen and oxygen atoms in total. The minimum Gasteiger partial charge on any atom is -0.367 e. The summed E-state index contributed by atoms with van der Waals surface area (Å²) < 4.78 is 2.01. The minimum atomic E-state index is -0.00788. The number of hydrogen-bond acceptors (Lipinski definition) is 5. The molecule has 0 aliphatic heterocycles. The molecule has 1 fully saturated rings. The Labute approximate surface area is 174 Å². The Bertz CT molecular complexity index is 1170. The van der Waals surface area contributed by atoms with E-state index >= 15 is 0 Å². The number of imidazole rings is 1. The first-order chi connectivity index (χ1) is 14.8. The number of hydrogen-bond donors (Lipinski definition) is 2. The van der Waals surface area contributed by atoms with Gasteiger partial charge < -0.3 is 10.6 Å². The van der Waals surface area contributed by atoms with Crippen molar-refractivity contribution in [1.82, 2.24) is 24.7 Å². The first kappa shape index (κ1) is 18.3. The second-order valence-corrected chi connectivity index (χ2v) is 7.48. The number of aromatic nitrogens is 4. The Kier molecular flexibility index (Phi) is 4.85. The molecular formula is C23H22N6O. The second-order valence-electron chi connectivity index (χ2n) is 7.48. The van der Waals surface area contributed by atoms with Crippen molar-refractivity contribution >= 4 is 17.4 Å². The molecule has 3 aromatic heterocycles. The van der Waals surface area contributed by atoms with Crippen LogP contribution in [0.2, 0.25) is 0 Å². The van der Waals surface area contributed by atoms with Gasteiger partial charge in [-0.2, -0.15) is 0 Å². The SMILES string of the molecule is O=C(NC1CC1)c1ccc(-c2cnc3c(NCCc4cccnc4)nccn23)cc1. The van der Waals surface area contributed by atoms with Crippen LogP contribution in [0.25, 0.3) is 16.9 Å². The predicted octanol–water partition coefficient (Wildman–Crippen LogP) is 3.34. The molecule has 3 heterocycles. The van der Waals surface area contributed by atoms with Crippen molar-refractivity contribution < 1.29 is 4.79 Å². The second kappa shape index (κ2) is 7.94. The molecule has 0 bridgehead atoms. The lowest BCUT2D eigenvalue weighted by molar-refractivity contribution is 0.0951. The van der Waals surface area contributed by atoms with Crippen LogP contribution < -0.4 is 10.6 Å². The predicted molar refractivity (Wildman–Crippen MR) is 115 cm³/mol. The van der Waals surface area contributed by atoms with Crippen molar-refractivity contribution in [3.8, 4) is 11.3 Å². The number of carbonyl (C=O) groups is 1. The summed E-state index contributed by atoms with van der Waals surface area (Å²) in [5.41, 5.74) is 4.58. The standard InChI is InChI=1S/C23H22N6O/c30-23(28-19-7-8-19)18-5-3-17(4-6-18)20-15-27-22-21(26-12-13-29(20)22)25-11-9-16-2-1-10-24-14-16/h1-6,10,12-15,19H,7-9,11H2,(H,25,26)(H,28,30). The van der Waals surface area contributed by atoms with Crippen LogP contribution in [0, 0.1) is 0 Å². The van der Waals surface area contributed by atoms with Gasteiger partial charge in [-0.3, -0.25) is 14.2 Å². The smallest absolute Gasteiger partial charge is 0.251 e. The van der Waals surface area contributed by atoms with Crippen molar-refractivity contribution in [3.63, 3.8) is 0 Å².